The van der Waals surface area contributed by atoms with E-state index in [1.165, 1.54) is 11.3 Å². The molecule has 2 atom stereocenters. The van der Waals surface area contributed by atoms with Crippen LogP contribution in [0.1, 0.15) is 25.0 Å². The number of para-hydroxylation sites is 1. The van der Waals surface area contributed by atoms with Crippen LogP contribution in [-0.4, -0.2) is 45.5 Å². The van der Waals surface area contributed by atoms with Crippen molar-refractivity contribution in [3.63, 3.8) is 0 Å². The molecular weight excluding hydrogens is 417 g/mol. The minimum absolute atomic E-state index is 0.0556. The van der Waals surface area contributed by atoms with Crippen molar-refractivity contribution in [1.82, 2.24) is 15.0 Å². The molecule has 2 N–H and O–H groups in total. The largest absolute Gasteiger partial charge is 0.454 e. The van der Waals surface area contributed by atoms with Gasteiger partial charge in [-0.1, -0.05) is 12.1 Å². The average Bonchev–Trinajstić information content (AvgIpc) is 3.32. The second kappa shape index (κ2) is 8.35. The molecule has 2 unspecified atom stereocenters. The number of nitrogens with one attached hydrogen (secondary N) is 1. The van der Waals surface area contributed by atoms with Gasteiger partial charge in [-0.15, -0.1) is 11.3 Å². The van der Waals surface area contributed by atoms with E-state index in [1.54, 1.807) is 6.92 Å². The van der Waals surface area contributed by atoms with Crippen LogP contribution in [0.4, 0.5) is 19.0 Å². The van der Waals surface area contributed by atoms with E-state index in [-0.39, 0.29) is 24.6 Å². The first kappa shape index (κ1) is 20.8. The third-order valence-electron chi connectivity index (χ3n) is 5.08. The molecule has 1 aromatic carbocycles. The zero-order chi connectivity index (χ0) is 21.3. The van der Waals surface area contributed by atoms with E-state index >= 15 is 0 Å². The SMILES string of the molecule is Cc1nc(OCC(F)(F)F)nc(NC2CCC(CO)C2)c1-c1nc2ccccc2s1. The molecule has 4 rings (SSSR count). The summed E-state index contributed by atoms with van der Waals surface area (Å²) in [5.41, 5.74) is 1.98. The number of ether oxygens (including phenoxy) is 1. The molecule has 6 nitrogen and oxygen atoms in total. The molecule has 1 fully saturated rings. The maximum Gasteiger partial charge on any atom is 0.422 e. The molecule has 0 radical (unpaired) electrons. The molecule has 10 heteroatoms. The fraction of sp³-hybridized carbons (Fsp3) is 0.450. The summed E-state index contributed by atoms with van der Waals surface area (Å²) >= 11 is 1.47. The minimum Gasteiger partial charge on any atom is -0.454 e. The maximum absolute atomic E-state index is 12.6. The number of benzene rings is 1. The first-order valence-corrected chi connectivity index (χ1v) is 10.5. The number of fused-ring (bicyclic) bond motifs is 1. The summed E-state index contributed by atoms with van der Waals surface area (Å²) in [6, 6.07) is 7.42. The molecule has 1 aliphatic rings. The monoisotopic (exact) mass is 438 g/mol. The number of aliphatic hydroxyl groups excluding tert-OH is 1. The van der Waals surface area contributed by atoms with E-state index in [9.17, 15) is 18.3 Å². The summed E-state index contributed by atoms with van der Waals surface area (Å²) in [5.74, 6) is 0.611. The molecule has 1 aliphatic carbocycles. The van der Waals surface area contributed by atoms with Gasteiger partial charge in [0.2, 0.25) is 0 Å². The lowest BCUT2D eigenvalue weighted by atomic mass is 10.1. The van der Waals surface area contributed by atoms with Crippen LogP contribution in [0.3, 0.4) is 0 Å². The summed E-state index contributed by atoms with van der Waals surface area (Å²) in [4.78, 5) is 13.1. The highest BCUT2D eigenvalue weighted by Crippen LogP contribution is 2.38. The third-order valence-corrected chi connectivity index (χ3v) is 6.14. The van der Waals surface area contributed by atoms with Gasteiger partial charge in [-0.2, -0.15) is 23.1 Å². The van der Waals surface area contributed by atoms with Gasteiger partial charge in [-0.25, -0.2) is 4.98 Å². The second-order valence-electron chi connectivity index (χ2n) is 7.41. The van der Waals surface area contributed by atoms with E-state index in [0.29, 0.717) is 22.1 Å². The van der Waals surface area contributed by atoms with Crippen molar-refractivity contribution in [3.05, 3.63) is 30.0 Å². The van der Waals surface area contributed by atoms with Crippen molar-refractivity contribution in [2.75, 3.05) is 18.5 Å². The van der Waals surface area contributed by atoms with Gasteiger partial charge >= 0.3 is 12.2 Å². The Morgan fingerprint density at radius 2 is 2.00 bits per heavy atom. The van der Waals surface area contributed by atoms with Gasteiger partial charge < -0.3 is 15.2 Å². The lowest BCUT2D eigenvalue weighted by molar-refractivity contribution is -0.154. The predicted octanol–water partition coefficient (Wildman–Crippen LogP) is 4.58. The van der Waals surface area contributed by atoms with Gasteiger partial charge in [0.15, 0.2) is 6.61 Å². The summed E-state index contributed by atoms with van der Waals surface area (Å²) in [7, 11) is 0. The molecular formula is C20H21F3N4O2S. The number of hydrogen-bond donors (Lipinski definition) is 2. The fourth-order valence-corrected chi connectivity index (χ4v) is 4.73. The van der Waals surface area contributed by atoms with Gasteiger partial charge in [0.1, 0.15) is 10.8 Å². The lowest BCUT2D eigenvalue weighted by Crippen LogP contribution is -2.22. The van der Waals surface area contributed by atoms with Crippen molar-refractivity contribution in [2.24, 2.45) is 5.92 Å². The third kappa shape index (κ3) is 4.65. The van der Waals surface area contributed by atoms with Crippen molar-refractivity contribution in [3.8, 4) is 16.6 Å². The Kier molecular flexibility index (Phi) is 5.79. The Morgan fingerprint density at radius 3 is 2.70 bits per heavy atom. The number of rotatable bonds is 6. The van der Waals surface area contributed by atoms with Crippen molar-refractivity contribution < 1.29 is 23.0 Å². The predicted molar refractivity (Wildman–Crippen MR) is 109 cm³/mol. The number of alkyl halides is 3. The van der Waals surface area contributed by atoms with Crippen LogP contribution >= 0.6 is 11.3 Å². The van der Waals surface area contributed by atoms with Crippen LogP contribution in [0.15, 0.2) is 24.3 Å². The Morgan fingerprint density at radius 1 is 1.20 bits per heavy atom. The van der Waals surface area contributed by atoms with Crippen LogP contribution in [0.2, 0.25) is 0 Å². The number of thiazole rings is 1. The molecule has 1 saturated carbocycles. The molecule has 2 heterocycles. The zero-order valence-electron chi connectivity index (χ0n) is 16.2. The summed E-state index contributed by atoms with van der Waals surface area (Å²) in [5, 5.41) is 13.4. The van der Waals surface area contributed by atoms with E-state index < -0.39 is 12.8 Å². The smallest absolute Gasteiger partial charge is 0.422 e. The summed E-state index contributed by atoms with van der Waals surface area (Å²) in [6.45, 7) is 0.369. The highest BCUT2D eigenvalue weighted by molar-refractivity contribution is 7.21. The molecule has 160 valence electrons. The van der Waals surface area contributed by atoms with Crippen LogP contribution < -0.4 is 10.1 Å². The molecule has 0 amide bonds. The van der Waals surface area contributed by atoms with Gasteiger partial charge in [0.25, 0.3) is 0 Å². The Bertz CT molecular complexity index is 1010. The van der Waals surface area contributed by atoms with Crippen molar-refractivity contribution >= 4 is 27.4 Å². The number of halogens is 3. The molecule has 3 aromatic rings. The summed E-state index contributed by atoms with van der Waals surface area (Å²) < 4.78 is 43.6. The quantitative estimate of drug-likeness (QED) is 0.587. The number of anilines is 1. The number of aliphatic hydroxyl groups is 1. The number of aromatic nitrogens is 3. The zero-order valence-corrected chi connectivity index (χ0v) is 17.1. The Balaban J connectivity index is 1.71. The van der Waals surface area contributed by atoms with E-state index in [1.807, 2.05) is 24.3 Å². The topological polar surface area (TPSA) is 80.2 Å². The molecule has 0 bridgehead atoms. The lowest BCUT2D eigenvalue weighted by Gasteiger charge is -2.18. The standard InChI is InChI=1S/C20H21F3N4O2S/c1-11-16(18-26-14-4-2-3-5-15(14)30-18)17(25-13-7-6-12(8-13)9-28)27-19(24-11)29-10-20(21,22)23/h2-5,12-13,28H,6-10H2,1H3,(H,24,25,27). The van der Waals surface area contributed by atoms with Crippen LogP contribution in [0, 0.1) is 12.8 Å². The number of hydrogen-bond acceptors (Lipinski definition) is 7. The van der Waals surface area contributed by atoms with Gasteiger partial charge in [-0.05, 0) is 44.2 Å². The number of nitrogens with zero attached hydrogens (tertiary/aromatic N) is 3. The Labute approximate surface area is 175 Å². The fourth-order valence-electron chi connectivity index (χ4n) is 3.66. The van der Waals surface area contributed by atoms with Gasteiger partial charge in [-0.3, -0.25) is 0 Å². The van der Waals surface area contributed by atoms with Gasteiger partial charge in [0, 0.05) is 12.6 Å². The molecule has 0 aliphatic heterocycles. The first-order chi connectivity index (χ1) is 14.3. The van der Waals surface area contributed by atoms with Crippen LogP contribution in [-0.2, 0) is 0 Å². The molecule has 2 aromatic heterocycles. The van der Waals surface area contributed by atoms with Gasteiger partial charge in [0.05, 0.1) is 21.5 Å². The highest BCUT2D eigenvalue weighted by Gasteiger charge is 2.30. The molecule has 0 spiro atoms. The first-order valence-electron chi connectivity index (χ1n) is 9.64. The molecule has 30 heavy (non-hydrogen) atoms. The van der Waals surface area contributed by atoms with Crippen molar-refractivity contribution in [2.45, 2.75) is 38.4 Å². The maximum atomic E-state index is 12.6. The van der Waals surface area contributed by atoms with E-state index in [2.05, 4.69) is 20.3 Å². The highest BCUT2D eigenvalue weighted by atomic mass is 32.1. The molecule has 0 saturated heterocycles. The van der Waals surface area contributed by atoms with E-state index in [4.69, 9.17) is 4.74 Å². The normalized spacial score (nSPS) is 19.4. The van der Waals surface area contributed by atoms with Crippen LogP contribution in [0.5, 0.6) is 6.01 Å². The summed E-state index contributed by atoms with van der Waals surface area (Å²) in [6.07, 6.45) is -1.99. The average molecular weight is 438 g/mol. The van der Waals surface area contributed by atoms with Crippen LogP contribution in [0.25, 0.3) is 20.8 Å². The second-order valence-corrected chi connectivity index (χ2v) is 8.44. The van der Waals surface area contributed by atoms with E-state index in [0.717, 1.165) is 29.5 Å². The Hall–Kier alpha value is -2.46. The van der Waals surface area contributed by atoms with Crippen molar-refractivity contribution in [1.29, 1.82) is 0 Å². The minimum atomic E-state index is -4.48. The number of aryl methyl sites for hydroxylation is 1.